The second-order valence-corrected chi connectivity index (χ2v) is 15.1. The lowest BCUT2D eigenvalue weighted by Crippen LogP contribution is -2.25. The van der Waals surface area contributed by atoms with Gasteiger partial charge in [0, 0.05) is 33.0 Å². The normalized spacial score (nSPS) is 13.1. The van der Waals surface area contributed by atoms with Crippen LogP contribution in [0.4, 0.5) is 0 Å². The van der Waals surface area contributed by atoms with Gasteiger partial charge in [-0.1, -0.05) is 170 Å². The minimum atomic E-state index is -0.419. The van der Waals surface area contributed by atoms with Crippen molar-refractivity contribution in [2.75, 3.05) is 0 Å². The number of nitrogens with zero attached hydrogens (tertiary/aromatic N) is 3. The molecule has 0 saturated heterocycles. The molecule has 57 heavy (non-hydrogen) atoms. The number of fused-ring (bicyclic) bond motifs is 13. The van der Waals surface area contributed by atoms with Crippen molar-refractivity contribution in [2.45, 2.75) is 5.41 Å². The van der Waals surface area contributed by atoms with Crippen molar-refractivity contribution in [3.05, 3.63) is 222 Å². The summed E-state index contributed by atoms with van der Waals surface area (Å²) in [5.41, 5.74) is 17.9. The summed E-state index contributed by atoms with van der Waals surface area (Å²) in [5, 5.41) is 3.49. The molecule has 3 heteroatoms. The molecule has 0 atom stereocenters. The standard InChI is InChI=1S/C54H33N3/c1-3-16-34(17-4-1)50-33-51(57-53(56-50)35-18-5-2-6-19-35)36-20-15-21-37(30-36)52-44-31-43-40-24-9-13-28-47(40)54(48(43)32-42(44)41-25-10-14-29-49(41)55-52)45-26-11-7-22-38(45)39-23-8-12-27-46(39)54/h1-33H. The molecule has 2 aliphatic rings. The number of para-hydroxylation sites is 1. The highest BCUT2D eigenvalue weighted by Gasteiger charge is 2.51. The van der Waals surface area contributed by atoms with Gasteiger partial charge in [0.05, 0.1) is 28.0 Å². The highest BCUT2D eigenvalue weighted by Crippen LogP contribution is 2.63. The molecule has 2 aliphatic carbocycles. The van der Waals surface area contributed by atoms with E-state index in [2.05, 4.69) is 176 Å². The Morgan fingerprint density at radius 2 is 0.825 bits per heavy atom. The molecular formula is C54H33N3. The third-order valence-corrected chi connectivity index (χ3v) is 12.1. The summed E-state index contributed by atoms with van der Waals surface area (Å²) < 4.78 is 0. The maximum Gasteiger partial charge on any atom is 0.160 e. The summed E-state index contributed by atoms with van der Waals surface area (Å²) in [5.74, 6) is 0.699. The fourth-order valence-corrected chi connectivity index (χ4v) is 9.65. The molecule has 1 spiro atoms. The van der Waals surface area contributed by atoms with Gasteiger partial charge >= 0.3 is 0 Å². The first-order chi connectivity index (χ1) is 28.3. The Bertz CT molecular complexity index is 3140. The van der Waals surface area contributed by atoms with E-state index < -0.39 is 5.41 Å². The van der Waals surface area contributed by atoms with Gasteiger partial charge in [-0.3, -0.25) is 0 Å². The molecule has 8 aromatic carbocycles. The van der Waals surface area contributed by atoms with Crippen LogP contribution in [0.2, 0.25) is 0 Å². The van der Waals surface area contributed by atoms with Crippen LogP contribution in [0.3, 0.4) is 0 Å². The van der Waals surface area contributed by atoms with Crippen molar-refractivity contribution in [3.63, 3.8) is 0 Å². The van der Waals surface area contributed by atoms with Gasteiger partial charge in [-0.05, 0) is 80.2 Å². The van der Waals surface area contributed by atoms with E-state index in [0.29, 0.717) is 5.82 Å². The number of pyridine rings is 1. The van der Waals surface area contributed by atoms with Crippen molar-refractivity contribution >= 4 is 21.7 Å². The van der Waals surface area contributed by atoms with E-state index in [0.717, 1.165) is 55.6 Å². The quantitative estimate of drug-likeness (QED) is 0.170. The molecule has 2 heterocycles. The fraction of sp³-hybridized carbons (Fsp3) is 0.0185. The van der Waals surface area contributed by atoms with E-state index in [1.54, 1.807) is 0 Å². The topological polar surface area (TPSA) is 38.7 Å². The zero-order chi connectivity index (χ0) is 37.5. The summed E-state index contributed by atoms with van der Waals surface area (Å²) in [6.45, 7) is 0. The minimum absolute atomic E-state index is 0.419. The highest BCUT2D eigenvalue weighted by molar-refractivity contribution is 6.14. The van der Waals surface area contributed by atoms with Gasteiger partial charge in [-0.15, -0.1) is 0 Å². The van der Waals surface area contributed by atoms with Crippen molar-refractivity contribution < 1.29 is 0 Å². The summed E-state index contributed by atoms with van der Waals surface area (Å²) in [4.78, 5) is 15.7. The molecule has 2 aromatic heterocycles. The van der Waals surface area contributed by atoms with E-state index in [4.69, 9.17) is 15.0 Å². The average molecular weight is 724 g/mol. The summed E-state index contributed by atoms with van der Waals surface area (Å²) in [6, 6.07) is 71.9. The molecule has 0 radical (unpaired) electrons. The van der Waals surface area contributed by atoms with Gasteiger partial charge in [-0.2, -0.15) is 0 Å². The first-order valence-corrected chi connectivity index (χ1v) is 19.5. The molecule has 12 rings (SSSR count). The fourth-order valence-electron chi connectivity index (χ4n) is 9.65. The van der Waals surface area contributed by atoms with E-state index in [1.807, 2.05) is 24.3 Å². The zero-order valence-corrected chi connectivity index (χ0v) is 30.9. The molecule has 0 amide bonds. The largest absolute Gasteiger partial charge is 0.247 e. The first kappa shape index (κ1) is 31.8. The maximum absolute atomic E-state index is 5.45. The molecule has 0 bridgehead atoms. The first-order valence-electron chi connectivity index (χ1n) is 19.5. The third-order valence-electron chi connectivity index (χ3n) is 12.1. The predicted octanol–water partition coefficient (Wildman–Crippen LogP) is 13.2. The number of aromatic nitrogens is 3. The van der Waals surface area contributed by atoms with E-state index in [9.17, 15) is 0 Å². The molecule has 0 N–H and O–H groups in total. The van der Waals surface area contributed by atoms with Gasteiger partial charge in [0.1, 0.15) is 0 Å². The molecule has 264 valence electrons. The highest BCUT2D eigenvalue weighted by atomic mass is 14.9. The van der Waals surface area contributed by atoms with Crippen molar-refractivity contribution in [1.29, 1.82) is 0 Å². The lowest BCUT2D eigenvalue weighted by atomic mass is 9.70. The summed E-state index contributed by atoms with van der Waals surface area (Å²) >= 11 is 0. The second kappa shape index (κ2) is 12.3. The van der Waals surface area contributed by atoms with Crippen LogP contribution in [0.5, 0.6) is 0 Å². The van der Waals surface area contributed by atoms with Crippen LogP contribution in [0.25, 0.3) is 89.1 Å². The third kappa shape index (κ3) is 4.63. The number of hydrogen-bond donors (Lipinski definition) is 0. The van der Waals surface area contributed by atoms with Gasteiger partial charge in [0.15, 0.2) is 5.82 Å². The molecule has 0 saturated carbocycles. The van der Waals surface area contributed by atoms with Crippen molar-refractivity contribution in [3.8, 4) is 67.4 Å². The lowest BCUT2D eigenvalue weighted by Gasteiger charge is -2.30. The summed E-state index contributed by atoms with van der Waals surface area (Å²) in [7, 11) is 0. The van der Waals surface area contributed by atoms with Gasteiger partial charge in [-0.25, -0.2) is 15.0 Å². The molecule has 0 unspecified atom stereocenters. The Hall–Kier alpha value is -7.49. The van der Waals surface area contributed by atoms with Crippen molar-refractivity contribution in [2.24, 2.45) is 0 Å². The smallest absolute Gasteiger partial charge is 0.160 e. The predicted molar refractivity (Wildman–Crippen MR) is 233 cm³/mol. The zero-order valence-electron chi connectivity index (χ0n) is 30.9. The van der Waals surface area contributed by atoms with E-state index in [-0.39, 0.29) is 0 Å². The molecule has 0 aliphatic heterocycles. The monoisotopic (exact) mass is 723 g/mol. The van der Waals surface area contributed by atoms with Crippen LogP contribution in [0, 0.1) is 0 Å². The second-order valence-electron chi connectivity index (χ2n) is 15.1. The van der Waals surface area contributed by atoms with Gasteiger partial charge in [0.25, 0.3) is 0 Å². The Labute approximate surface area is 330 Å². The molecular weight excluding hydrogens is 691 g/mol. The lowest BCUT2D eigenvalue weighted by molar-refractivity contribution is 0.795. The number of rotatable bonds is 4. The summed E-state index contributed by atoms with van der Waals surface area (Å²) in [6.07, 6.45) is 0. The maximum atomic E-state index is 5.45. The van der Waals surface area contributed by atoms with Crippen LogP contribution in [-0.4, -0.2) is 15.0 Å². The number of benzene rings is 8. The average Bonchev–Trinajstić information content (AvgIpc) is 3.75. The molecule has 10 aromatic rings. The van der Waals surface area contributed by atoms with Crippen LogP contribution < -0.4 is 0 Å². The van der Waals surface area contributed by atoms with Gasteiger partial charge in [0.2, 0.25) is 0 Å². The van der Waals surface area contributed by atoms with E-state index in [1.165, 1.54) is 49.9 Å². The Morgan fingerprint density at radius 3 is 1.51 bits per heavy atom. The molecule has 3 nitrogen and oxygen atoms in total. The Kier molecular flexibility index (Phi) is 6.84. The Balaban J connectivity index is 1.11. The van der Waals surface area contributed by atoms with Crippen LogP contribution in [0.15, 0.2) is 200 Å². The Morgan fingerprint density at radius 1 is 0.298 bits per heavy atom. The van der Waals surface area contributed by atoms with E-state index >= 15 is 0 Å². The minimum Gasteiger partial charge on any atom is -0.247 e. The number of hydrogen-bond acceptors (Lipinski definition) is 3. The van der Waals surface area contributed by atoms with Gasteiger partial charge < -0.3 is 0 Å². The van der Waals surface area contributed by atoms with Crippen LogP contribution in [-0.2, 0) is 5.41 Å². The molecule has 0 fully saturated rings. The SMILES string of the molecule is c1ccc(-c2cc(-c3cccc(-c4nc5ccccc5c5cc6c(cc45)-c4ccccc4C64c5ccccc5-c5ccccc54)c3)nc(-c3ccccc3)n2)cc1. The van der Waals surface area contributed by atoms with Crippen molar-refractivity contribution in [1.82, 2.24) is 15.0 Å². The van der Waals surface area contributed by atoms with Crippen LogP contribution >= 0.6 is 0 Å². The van der Waals surface area contributed by atoms with Crippen LogP contribution in [0.1, 0.15) is 22.3 Å².